The number of rotatable bonds is 4. The molecule has 0 aliphatic heterocycles. The number of hydrogen-bond donors (Lipinski definition) is 1. The fourth-order valence-electron chi connectivity index (χ4n) is 1.93. The number of furan rings is 1. The molecule has 1 unspecified atom stereocenters. The van der Waals surface area contributed by atoms with Gasteiger partial charge >= 0.3 is 0 Å². The zero-order valence-corrected chi connectivity index (χ0v) is 14.1. The second kappa shape index (κ2) is 6.21. The smallest absolute Gasteiger partial charge is 0.125 e. The van der Waals surface area contributed by atoms with E-state index in [4.69, 9.17) is 4.42 Å². The molecule has 0 amide bonds. The van der Waals surface area contributed by atoms with E-state index in [1.807, 2.05) is 19.2 Å². The lowest BCUT2D eigenvalue weighted by Gasteiger charge is -2.16. The number of nitrogens with one attached hydrogen (secondary N) is 1. The summed E-state index contributed by atoms with van der Waals surface area (Å²) in [7, 11) is 1.95. The Morgan fingerprint density at radius 2 is 2.11 bits per heavy atom. The van der Waals surface area contributed by atoms with Crippen LogP contribution in [0.25, 0.3) is 0 Å². The van der Waals surface area contributed by atoms with E-state index in [2.05, 4.69) is 69.0 Å². The molecule has 1 N–H and O–H groups in total. The maximum atomic E-state index is 5.85. The minimum Gasteiger partial charge on any atom is -0.464 e. The summed E-state index contributed by atoms with van der Waals surface area (Å²) in [6.07, 6.45) is 0.921. The first-order chi connectivity index (χ1) is 8.65. The fraction of sp³-hybridized carbons (Fsp3) is 0.286. The quantitative estimate of drug-likeness (QED) is 0.737. The first kappa shape index (κ1) is 14.1. The van der Waals surface area contributed by atoms with Crippen molar-refractivity contribution in [3.05, 3.63) is 55.5 Å². The van der Waals surface area contributed by atoms with Crippen LogP contribution < -0.4 is 5.32 Å². The van der Waals surface area contributed by atoms with Gasteiger partial charge in [-0.05, 0) is 65.5 Å². The van der Waals surface area contributed by atoms with Crippen molar-refractivity contribution in [2.45, 2.75) is 19.4 Å². The highest BCUT2D eigenvalue weighted by atomic mass is 127. The second-order valence-corrected chi connectivity index (χ2v) is 6.15. The zero-order valence-electron chi connectivity index (χ0n) is 10.3. The minimum absolute atomic E-state index is 0.0781. The van der Waals surface area contributed by atoms with Crippen molar-refractivity contribution >= 4 is 38.5 Å². The topological polar surface area (TPSA) is 25.2 Å². The first-order valence-electron chi connectivity index (χ1n) is 5.86. The normalized spacial score (nSPS) is 12.7. The fourth-order valence-corrected chi connectivity index (χ4v) is 2.92. The van der Waals surface area contributed by atoms with Crippen molar-refractivity contribution in [3.8, 4) is 0 Å². The molecule has 1 aromatic heterocycles. The standard InChI is InChI=1S/C14H15BrINO/c1-3-10-5-7-13(18-10)14(17-2)11-8-9(16)4-6-12(11)15/h4-8,14,17H,3H2,1-2H3. The highest BCUT2D eigenvalue weighted by Gasteiger charge is 2.18. The van der Waals surface area contributed by atoms with Crippen molar-refractivity contribution in [1.82, 2.24) is 5.32 Å². The predicted octanol–water partition coefficient (Wildman–Crippen LogP) is 4.52. The highest BCUT2D eigenvalue weighted by Crippen LogP contribution is 2.30. The van der Waals surface area contributed by atoms with Crippen LogP contribution in [0.15, 0.2) is 39.2 Å². The van der Waals surface area contributed by atoms with Gasteiger partial charge in [0.15, 0.2) is 0 Å². The Hall–Kier alpha value is -0.330. The lowest BCUT2D eigenvalue weighted by molar-refractivity contribution is 0.433. The van der Waals surface area contributed by atoms with Gasteiger partial charge in [0.1, 0.15) is 11.5 Å². The Kier molecular flexibility index (Phi) is 4.86. The van der Waals surface area contributed by atoms with Crippen LogP contribution in [0.3, 0.4) is 0 Å². The molecule has 0 saturated carbocycles. The van der Waals surface area contributed by atoms with Gasteiger partial charge in [0.05, 0.1) is 6.04 Å². The predicted molar refractivity (Wildman–Crippen MR) is 85.8 cm³/mol. The molecule has 4 heteroatoms. The molecule has 0 saturated heterocycles. The van der Waals surface area contributed by atoms with E-state index in [-0.39, 0.29) is 6.04 Å². The van der Waals surface area contributed by atoms with Gasteiger partial charge in [0.2, 0.25) is 0 Å². The van der Waals surface area contributed by atoms with Crippen molar-refractivity contribution in [2.24, 2.45) is 0 Å². The molecule has 1 aromatic carbocycles. The first-order valence-corrected chi connectivity index (χ1v) is 7.73. The Morgan fingerprint density at radius 1 is 1.33 bits per heavy atom. The van der Waals surface area contributed by atoms with E-state index >= 15 is 0 Å². The average molecular weight is 420 g/mol. The monoisotopic (exact) mass is 419 g/mol. The van der Waals surface area contributed by atoms with Crippen LogP contribution >= 0.6 is 38.5 Å². The van der Waals surface area contributed by atoms with Gasteiger partial charge in [0.25, 0.3) is 0 Å². The lowest BCUT2D eigenvalue weighted by Crippen LogP contribution is -2.17. The van der Waals surface area contributed by atoms with Crippen LogP contribution in [-0.4, -0.2) is 7.05 Å². The molecule has 2 nitrogen and oxygen atoms in total. The summed E-state index contributed by atoms with van der Waals surface area (Å²) in [5.41, 5.74) is 1.20. The average Bonchev–Trinajstić information content (AvgIpc) is 2.83. The summed E-state index contributed by atoms with van der Waals surface area (Å²) < 4.78 is 8.16. The summed E-state index contributed by atoms with van der Waals surface area (Å²) in [5.74, 6) is 1.98. The molecule has 1 atom stereocenters. The number of benzene rings is 1. The van der Waals surface area contributed by atoms with Gasteiger partial charge in [-0.25, -0.2) is 0 Å². The summed E-state index contributed by atoms with van der Waals surface area (Å²) in [4.78, 5) is 0. The van der Waals surface area contributed by atoms with E-state index < -0.39 is 0 Å². The summed E-state index contributed by atoms with van der Waals surface area (Å²) in [6.45, 7) is 2.10. The largest absolute Gasteiger partial charge is 0.464 e. The van der Waals surface area contributed by atoms with Crippen molar-refractivity contribution in [3.63, 3.8) is 0 Å². The summed E-state index contributed by atoms with van der Waals surface area (Å²) in [6, 6.07) is 10.5. The summed E-state index contributed by atoms with van der Waals surface area (Å²) >= 11 is 5.93. The van der Waals surface area contributed by atoms with Gasteiger partial charge < -0.3 is 9.73 Å². The van der Waals surface area contributed by atoms with Crippen molar-refractivity contribution < 1.29 is 4.42 Å². The molecule has 0 bridgehead atoms. The molecular weight excluding hydrogens is 405 g/mol. The van der Waals surface area contributed by atoms with E-state index in [0.717, 1.165) is 22.4 Å². The highest BCUT2D eigenvalue weighted by molar-refractivity contribution is 14.1. The third-order valence-corrected chi connectivity index (χ3v) is 4.27. The molecule has 0 radical (unpaired) electrons. The Labute approximate surface area is 129 Å². The van der Waals surface area contributed by atoms with E-state index in [0.29, 0.717) is 0 Å². The number of hydrogen-bond acceptors (Lipinski definition) is 2. The Bertz CT molecular complexity index is 538. The number of aryl methyl sites for hydroxylation is 1. The lowest BCUT2D eigenvalue weighted by atomic mass is 10.1. The molecular formula is C14H15BrINO. The van der Waals surface area contributed by atoms with Crippen LogP contribution in [0, 0.1) is 3.57 Å². The minimum atomic E-state index is 0.0781. The van der Waals surface area contributed by atoms with E-state index in [9.17, 15) is 0 Å². The van der Waals surface area contributed by atoms with Crippen LogP contribution in [0.2, 0.25) is 0 Å². The van der Waals surface area contributed by atoms with Crippen LogP contribution in [0.5, 0.6) is 0 Å². The molecule has 18 heavy (non-hydrogen) atoms. The second-order valence-electron chi connectivity index (χ2n) is 4.05. The third-order valence-electron chi connectivity index (χ3n) is 2.87. The van der Waals surface area contributed by atoms with Gasteiger partial charge in [-0.3, -0.25) is 0 Å². The molecule has 0 fully saturated rings. The Balaban J connectivity index is 2.41. The van der Waals surface area contributed by atoms with Gasteiger partial charge in [-0.2, -0.15) is 0 Å². The van der Waals surface area contributed by atoms with E-state index in [1.54, 1.807) is 0 Å². The molecule has 0 aliphatic carbocycles. The zero-order chi connectivity index (χ0) is 13.1. The maximum absolute atomic E-state index is 5.85. The van der Waals surface area contributed by atoms with Crippen molar-refractivity contribution in [1.29, 1.82) is 0 Å². The van der Waals surface area contributed by atoms with Crippen molar-refractivity contribution in [2.75, 3.05) is 7.05 Å². The van der Waals surface area contributed by atoms with Crippen LogP contribution in [-0.2, 0) is 6.42 Å². The molecule has 1 heterocycles. The molecule has 0 spiro atoms. The SMILES string of the molecule is CCc1ccc(C(NC)c2cc(I)ccc2Br)o1. The molecule has 96 valence electrons. The Morgan fingerprint density at radius 3 is 2.72 bits per heavy atom. The molecule has 2 aromatic rings. The maximum Gasteiger partial charge on any atom is 0.125 e. The molecule has 2 rings (SSSR count). The van der Waals surface area contributed by atoms with Crippen LogP contribution in [0.1, 0.15) is 30.0 Å². The van der Waals surface area contributed by atoms with Crippen LogP contribution in [0.4, 0.5) is 0 Å². The van der Waals surface area contributed by atoms with Gasteiger partial charge in [-0.15, -0.1) is 0 Å². The third kappa shape index (κ3) is 2.97. The summed E-state index contributed by atoms with van der Waals surface area (Å²) in [5, 5.41) is 3.31. The molecule has 0 aliphatic rings. The van der Waals surface area contributed by atoms with Gasteiger partial charge in [0, 0.05) is 14.5 Å². The van der Waals surface area contributed by atoms with E-state index in [1.165, 1.54) is 9.13 Å². The van der Waals surface area contributed by atoms with Gasteiger partial charge in [-0.1, -0.05) is 22.9 Å². The number of halogens is 2.